The zero-order valence-corrected chi connectivity index (χ0v) is 11.2. The summed E-state index contributed by atoms with van der Waals surface area (Å²) in [4.78, 5) is 2.60. The van der Waals surface area contributed by atoms with Crippen molar-refractivity contribution in [3.8, 4) is 0 Å². The Bertz CT molecular complexity index is 613. The molecule has 1 saturated heterocycles. The maximum Gasteiger partial charge on any atom is 0.0480 e. The largest absolute Gasteiger partial charge is 0.347 e. The SMILES string of the molecule is CCN1CC2C[C@@]2(c2cc3ccccc3n2C)C1. The Morgan fingerprint density at radius 1 is 1.33 bits per heavy atom. The summed E-state index contributed by atoms with van der Waals surface area (Å²) in [5, 5.41) is 1.39. The van der Waals surface area contributed by atoms with Gasteiger partial charge in [-0.15, -0.1) is 0 Å². The van der Waals surface area contributed by atoms with Gasteiger partial charge in [0.05, 0.1) is 0 Å². The first kappa shape index (κ1) is 10.6. The molecule has 2 aromatic rings. The van der Waals surface area contributed by atoms with E-state index in [0.717, 1.165) is 5.92 Å². The predicted molar refractivity (Wildman–Crippen MR) is 74.8 cm³/mol. The molecule has 2 nitrogen and oxygen atoms in total. The van der Waals surface area contributed by atoms with E-state index in [0.29, 0.717) is 5.41 Å². The van der Waals surface area contributed by atoms with E-state index in [2.05, 4.69) is 53.8 Å². The molecule has 2 heterocycles. The molecule has 4 rings (SSSR count). The predicted octanol–water partition coefficient (Wildman–Crippen LogP) is 2.77. The zero-order valence-electron chi connectivity index (χ0n) is 11.2. The molecule has 0 N–H and O–H groups in total. The fourth-order valence-electron chi connectivity index (χ4n) is 3.99. The number of benzene rings is 1. The highest BCUT2D eigenvalue weighted by Gasteiger charge is 2.61. The molecule has 0 bridgehead atoms. The van der Waals surface area contributed by atoms with E-state index in [1.165, 1.54) is 37.0 Å². The molecule has 94 valence electrons. The Labute approximate surface area is 108 Å². The van der Waals surface area contributed by atoms with Gasteiger partial charge in [-0.05, 0) is 36.4 Å². The third kappa shape index (κ3) is 1.22. The second-order valence-corrected chi connectivity index (χ2v) is 6.03. The monoisotopic (exact) mass is 240 g/mol. The van der Waals surface area contributed by atoms with Crippen LogP contribution in [0.2, 0.25) is 0 Å². The Hall–Kier alpha value is -1.28. The molecule has 1 aliphatic heterocycles. The van der Waals surface area contributed by atoms with Gasteiger partial charge in [0, 0.05) is 36.8 Å². The standard InChI is InChI=1S/C16H20N2/c1-3-18-10-13-9-16(13,11-18)15-8-12-6-4-5-7-14(12)17(15)2/h4-8,13H,3,9-11H2,1-2H3/t13?,16-/m1/s1. The second kappa shape index (κ2) is 3.39. The minimum absolute atomic E-state index is 0.476. The van der Waals surface area contributed by atoms with Crippen LogP contribution in [-0.2, 0) is 12.5 Å². The summed E-state index contributed by atoms with van der Waals surface area (Å²) < 4.78 is 2.43. The smallest absolute Gasteiger partial charge is 0.0480 e. The molecule has 2 aliphatic rings. The van der Waals surface area contributed by atoms with Gasteiger partial charge >= 0.3 is 0 Å². The van der Waals surface area contributed by atoms with Crippen molar-refractivity contribution >= 4 is 10.9 Å². The Morgan fingerprint density at radius 2 is 2.17 bits per heavy atom. The van der Waals surface area contributed by atoms with Crippen LogP contribution >= 0.6 is 0 Å². The normalized spacial score (nSPS) is 30.9. The quantitative estimate of drug-likeness (QED) is 0.783. The van der Waals surface area contributed by atoms with E-state index < -0.39 is 0 Å². The number of hydrogen-bond donors (Lipinski definition) is 0. The number of nitrogens with zero attached hydrogens (tertiary/aromatic N) is 2. The van der Waals surface area contributed by atoms with Gasteiger partial charge in [0.2, 0.25) is 0 Å². The molecule has 2 fully saturated rings. The van der Waals surface area contributed by atoms with Crippen molar-refractivity contribution in [1.82, 2.24) is 9.47 Å². The van der Waals surface area contributed by atoms with Crippen LogP contribution in [0.3, 0.4) is 0 Å². The zero-order chi connectivity index (χ0) is 12.3. The summed E-state index contributed by atoms with van der Waals surface area (Å²) in [7, 11) is 2.23. The van der Waals surface area contributed by atoms with Crippen LogP contribution in [0.25, 0.3) is 10.9 Å². The summed E-state index contributed by atoms with van der Waals surface area (Å²) in [6, 6.07) is 11.2. The topological polar surface area (TPSA) is 8.17 Å². The minimum atomic E-state index is 0.476. The number of likely N-dealkylation sites (N-methyl/N-ethyl adjacent to an activating group) is 1. The molecule has 1 aliphatic carbocycles. The van der Waals surface area contributed by atoms with E-state index in [1.54, 1.807) is 5.69 Å². The van der Waals surface area contributed by atoms with Gasteiger partial charge in [-0.3, -0.25) is 0 Å². The molecule has 0 spiro atoms. The van der Waals surface area contributed by atoms with E-state index in [-0.39, 0.29) is 0 Å². The number of fused-ring (bicyclic) bond motifs is 2. The van der Waals surface area contributed by atoms with E-state index in [4.69, 9.17) is 0 Å². The van der Waals surface area contributed by atoms with Crippen LogP contribution in [-0.4, -0.2) is 29.1 Å². The molecular formula is C16H20N2. The minimum Gasteiger partial charge on any atom is -0.347 e. The lowest BCUT2D eigenvalue weighted by Gasteiger charge is -2.19. The van der Waals surface area contributed by atoms with Gasteiger partial charge in [-0.1, -0.05) is 25.1 Å². The van der Waals surface area contributed by atoms with Crippen molar-refractivity contribution < 1.29 is 0 Å². The summed E-state index contributed by atoms with van der Waals surface area (Å²) in [5.41, 5.74) is 3.41. The molecule has 1 saturated carbocycles. The lowest BCUT2D eigenvalue weighted by Crippen LogP contribution is -2.27. The Morgan fingerprint density at radius 3 is 2.89 bits per heavy atom. The van der Waals surface area contributed by atoms with Crippen molar-refractivity contribution in [1.29, 1.82) is 0 Å². The lowest BCUT2D eigenvalue weighted by molar-refractivity contribution is 0.312. The molecule has 0 amide bonds. The summed E-state index contributed by atoms with van der Waals surface area (Å²) in [6.07, 6.45) is 1.40. The summed E-state index contributed by atoms with van der Waals surface area (Å²) in [6.45, 7) is 6.04. The van der Waals surface area contributed by atoms with Crippen LogP contribution in [0.15, 0.2) is 30.3 Å². The van der Waals surface area contributed by atoms with Gasteiger partial charge in [-0.2, -0.15) is 0 Å². The number of likely N-dealkylation sites (tertiary alicyclic amines) is 1. The molecule has 1 unspecified atom stereocenters. The van der Waals surface area contributed by atoms with Crippen LogP contribution in [0.5, 0.6) is 0 Å². The first-order valence-electron chi connectivity index (χ1n) is 7.02. The number of aryl methyl sites for hydroxylation is 1. The third-order valence-corrected chi connectivity index (χ3v) is 5.13. The fraction of sp³-hybridized carbons (Fsp3) is 0.500. The third-order valence-electron chi connectivity index (χ3n) is 5.13. The average Bonchev–Trinajstić information content (AvgIpc) is 2.80. The first-order chi connectivity index (χ1) is 8.74. The van der Waals surface area contributed by atoms with E-state index >= 15 is 0 Å². The molecule has 2 heteroatoms. The number of hydrogen-bond acceptors (Lipinski definition) is 1. The van der Waals surface area contributed by atoms with Crippen molar-refractivity contribution in [2.75, 3.05) is 19.6 Å². The van der Waals surface area contributed by atoms with Crippen LogP contribution < -0.4 is 0 Å². The Balaban J connectivity index is 1.82. The fourth-order valence-corrected chi connectivity index (χ4v) is 3.99. The van der Waals surface area contributed by atoms with Crippen LogP contribution in [0.4, 0.5) is 0 Å². The second-order valence-electron chi connectivity index (χ2n) is 6.03. The molecule has 18 heavy (non-hydrogen) atoms. The molecule has 0 radical (unpaired) electrons. The van der Waals surface area contributed by atoms with Gasteiger partial charge < -0.3 is 9.47 Å². The number of piperidine rings is 1. The van der Waals surface area contributed by atoms with Gasteiger partial charge in [0.15, 0.2) is 0 Å². The number of aromatic nitrogens is 1. The molecular weight excluding hydrogens is 220 g/mol. The molecule has 1 aromatic heterocycles. The highest BCUT2D eigenvalue weighted by atomic mass is 15.2. The summed E-state index contributed by atoms with van der Waals surface area (Å²) in [5.74, 6) is 0.903. The molecule has 1 aromatic carbocycles. The highest BCUT2D eigenvalue weighted by molar-refractivity contribution is 5.82. The van der Waals surface area contributed by atoms with Gasteiger partial charge in [-0.25, -0.2) is 0 Å². The highest BCUT2D eigenvalue weighted by Crippen LogP contribution is 2.59. The van der Waals surface area contributed by atoms with Crippen LogP contribution in [0, 0.1) is 5.92 Å². The van der Waals surface area contributed by atoms with E-state index in [1.807, 2.05) is 0 Å². The maximum absolute atomic E-state index is 2.60. The van der Waals surface area contributed by atoms with Gasteiger partial charge in [0.25, 0.3) is 0 Å². The van der Waals surface area contributed by atoms with Crippen molar-refractivity contribution in [3.05, 3.63) is 36.0 Å². The summed E-state index contributed by atoms with van der Waals surface area (Å²) >= 11 is 0. The van der Waals surface area contributed by atoms with Crippen molar-refractivity contribution in [2.24, 2.45) is 13.0 Å². The van der Waals surface area contributed by atoms with E-state index in [9.17, 15) is 0 Å². The van der Waals surface area contributed by atoms with Gasteiger partial charge in [0.1, 0.15) is 0 Å². The number of para-hydroxylation sites is 1. The Kier molecular flexibility index (Phi) is 2.00. The number of rotatable bonds is 2. The van der Waals surface area contributed by atoms with Crippen LogP contribution in [0.1, 0.15) is 19.0 Å². The average molecular weight is 240 g/mol. The lowest BCUT2D eigenvalue weighted by atomic mass is 10.0. The maximum atomic E-state index is 2.60. The first-order valence-corrected chi connectivity index (χ1v) is 7.02. The van der Waals surface area contributed by atoms with Crippen molar-refractivity contribution in [3.63, 3.8) is 0 Å². The molecule has 2 atom stereocenters. The van der Waals surface area contributed by atoms with Crippen molar-refractivity contribution in [2.45, 2.75) is 18.8 Å².